The van der Waals surface area contributed by atoms with E-state index in [1.54, 1.807) is 0 Å². The number of carbonyl (C=O) groups is 1. The third kappa shape index (κ3) is 5.48. The van der Waals surface area contributed by atoms with E-state index in [0.29, 0.717) is 0 Å². The van der Waals surface area contributed by atoms with Gasteiger partial charge in [0.2, 0.25) is 0 Å². The average Bonchev–Trinajstić information content (AvgIpc) is 3.25. The Morgan fingerprint density at radius 1 is 1.25 bits per heavy atom. The standard InChI is InChI=1S/C15H18F3NO4S/c16-15(17,18)13(11-4-2-1-3-5-11)19-12(14(20)21)9-24(22,23)8-10-6-7-10/h1-5,10,12-13,19H,6-9H2,(H,20,21)/t12?,13-/m1/s1. The monoisotopic (exact) mass is 365 g/mol. The summed E-state index contributed by atoms with van der Waals surface area (Å²) in [6.45, 7) is 0. The van der Waals surface area contributed by atoms with Gasteiger partial charge in [0.15, 0.2) is 9.84 Å². The molecule has 0 radical (unpaired) electrons. The summed E-state index contributed by atoms with van der Waals surface area (Å²) in [7, 11) is -3.75. The Kier molecular flexibility index (Phi) is 5.54. The highest BCUT2D eigenvalue weighted by atomic mass is 32.2. The zero-order valence-electron chi connectivity index (χ0n) is 12.7. The van der Waals surface area contributed by atoms with Gasteiger partial charge in [0, 0.05) is 0 Å². The average molecular weight is 365 g/mol. The fraction of sp³-hybridized carbons (Fsp3) is 0.533. The summed E-state index contributed by atoms with van der Waals surface area (Å²) >= 11 is 0. The summed E-state index contributed by atoms with van der Waals surface area (Å²) in [6, 6.07) is 2.67. The molecule has 134 valence electrons. The van der Waals surface area contributed by atoms with Gasteiger partial charge in [0.1, 0.15) is 12.1 Å². The number of nitrogens with one attached hydrogen (secondary N) is 1. The summed E-state index contributed by atoms with van der Waals surface area (Å²) in [5.74, 6) is -2.67. The van der Waals surface area contributed by atoms with E-state index < -0.39 is 39.8 Å². The molecular weight excluding hydrogens is 347 g/mol. The van der Waals surface area contributed by atoms with E-state index in [0.717, 1.165) is 12.8 Å². The molecule has 0 aromatic heterocycles. The molecule has 0 heterocycles. The van der Waals surface area contributed by atoms with Crippen molar-refractivity contribution in [2.75, 3.05) is 11.5 Å². The predicted octanol–water partition coefficient (Wildman–Crippen LogP) is 2.16. The third-order valence-corrected chi connectivity index (χ3v) is 5.55. The molecule has 1 aliphatic rings. The highest BCUT2D eigenvalue weighted by molar-refractivity contribution is 7.91. The fourth-order valence-electron chi connectivity index (χ4n) is 2.38. The van der Waals surface area contributed by atoms with Crippen molar-refractivity contribution < 1.29 is 31.5 Å². The van der Waals surface area contributed by atoms with Gasteiger partial charge in [-0.1, -0.05) is 30.3 Å². The lowest BCUT2D eigenvalue weighted by Gasteiger charge is -2.25. The van der Waals surface area contributed by atoms with Gasteiger partial charge < -0.3 is 5.11 Å². The van der Waals surface area contributed by atoms with Gasteiger partial charge in [0.25, 0.3) is 0 Å². The molecular formula is C15H18F3NO4S. The van der Waals surface area contributed by atoms with E-state index in [4.69, 9.17) is 5.11 Å². The first-order valence-electron chi connectivity index (χ1n) is 7.39. The summed E-state index contributed by atoms with van der Waals surface area (Å²) < 4.78 is 63.8. The van der Waals surface area contributed by atoms with Crippen LogP contribution in [0.25, 0.3) is 0 Å². The molecule has 1 aromatic carbocycles. The SMILES string of the molecule is O=C(O)C(CS(=O)(=O)CC1CC1)N[C@H](c1ccccc1)C(F)(F)F. The molecule has 0 bridgehead atoms. The van der Waals surface area contributed by atoms with Gasteiger partial charge in [-0.15, -0.1) is 0 Å². The topological polar surface area (TPSA) is 83.5 Å². The largest absolute Gasteiger partial charge is 0.480 e. The Balaban J connectivity index is 2.18. The van der Waals surface area contributed by atoms with Crippen LogP contribution in [0.3, 0.4) is 0 Å². The zero-order valence-corrected chi connectivity index (χ0v) is 13.5. The van der Waals surface area contributed by atoms with E-state index in [2.05, 4.69) is 0 Å². The second kappa shape index (κ2) is 7.10. The second-order valence-electron chi connectivity index (χ2n) is 5.96. The van der Waals surface area contributed by atoms with Crippen molar-refractivity contribution in [1.82, 2.24) is 5.32 Å². The van der Waals surface area contributed by atoms with Gasteiger partial charge in [-0.05, 0) is 24.3 Å². The van der Waals surface area contributed by atoms with Crippen LogP contribution in [0.2, 0.25) is 0 Å². The number of aliphatic carboxylic acids is 1. The lowest BCUT2D eigenvalue weighted by molar-refractivity contribution is -0.162. The quantitative estimate of drug-likeness (QED) is 0.738. The van der Waals surface area contributed by atoms with Crippen molar-refractivity contribution in [1.29, 1.82) is 0 Å². The van der Waals surface area contributed by atoms with Crippen LogP contribution in [0.1, 0.15) is 24.4 Å². The van der Waals surface area contributed by atoms with E-state index in [1.165, 1.54) is 30.3 Å². The maximum Gasteiger partial charge on any atom is 0.407 e. The lowest BCUT2D eigenvalue weighted by Crippen LogP contribution is -2.48. The lowest BCUT2D eigenvalue weighted by atomic mass is 10.1. The Morgan fingerprint density at radius 3 is 2.29 bits per heavy atom. The van der Waals surface area contributed by atoms with Crippen LogP contribution in [0.15, 0.2) is 30.3 Å². The summed E-state index contributed by atoms with van der Waals surface area (Å²) in [4.78, 5) is 11.3. The van der Waals surface area contributed by atoms with Crippen molar-refractivity contribution in [3.05, 3.63) is 35.9 Å². The number of alkyl halides is 3. The molecule has 1 saturated carbocycles. The van der Waals surface area contributed by atoms with Crippen molar-refractivity contribution in [3.63, 3.8) is 0 Å². The van der Waals surface area contributed by atoms with E-state index in [-0.39, 0.29) is 17.2 Å². The Bertz CT molecular complexity index is 672. The normalized spacial score (nSPS) is 18.1. The molecule has 1 unspecified atom stereocenters. The zero-order chi connectivity index (χ0) is 18.0. The van der Waals surface area contributed by atoms with Gasteiger partial charge in [-0.3, -0.25) is 10.1 Å². The number of carboxylic acids is 1. The van der Waals surface area contributed by atoms with Crippen LogP contribution in [-0.2, 0) is 14.6 Å². The third-order valence-electron chi connectivity index (χ3n) is 3.73. The smallest absolute Gasteiger partial charge is 0.407 e. The molecule has 2 N–H and O–H groups in total. The summed E-state index contributed by atoms with van der Waals surface area (Å²) in [5.41, 5.74) is -0.171. The molecule has 24 heavy (non-hydrogen) atoms. The Morgan fingerprint density at radius 2 is 1.83 bits per heavy atom. The highest BCUT2D eigenvalue weighted by Gasteiger charge is 2.43. The van der Waals surface area contributed by atoms with Crippen LogP contribution in [0.5, 0.6) is 0 Å². The van der Waals surface area contributed by atoms with Crippen molar-refractivity contribution in [3.8, 4) is 0 Å². The number of hydrogen-bond acceptors (Lipinski definition) is 4. The molecule has 2 rings (SSSR count). The van der Waals surface area contributed by atoms with E-state index in [1.807, 2.05) is 5.32 Å². The second-order valence-corrected chi connectivity index (χ2v) is 8.12. The highest BCUT2D eigenvalue weighted by Crippen LogP contribution is 2.33. The number of hydrogen-bond donors (Lipinski definition) is 2. The number of rotatable bonds is 8. The summed E-state index contributed by atoms with van der Waals surface area (Å²) in [6.07, 6.45) is -3.26. The minimum atomic E-state index is -4.75. The molecule has 0 spiro atoms. The van der Waals surface area contributed by atoms with Crippen LogP contribution in [0.4, 0.5) is 13.2 Å². The predicted molar refractivity (Wildman–Crippen MR) is 81.2 cm³/mol. The molecule has 1 aliphatic carbocycles. The Hall–Kier alpha value is -1.61. The molecule has 2 atom stereocenters. The minimum absolute atomic E-state index is 0.00280. The van der Waals surface area contributed by atoms with Crippen LogP contribution in [-0.4, -0.2) is 43.2 Å². The summed E-state index contributed by atoms with van der Waals surface area (Å²) in [5, 5.41) is 11.1. The van der Waals surface area contributed by atoms with Gasteiger partial charge in [0.05, 0.1) is 11.5 Å². The molecule has 0 amide bonds. The fourth-order valence-corrected chi connectivity index (χ4v) is 4.32. The number of benzene rings is 1. The van der Waals surface area contributed by atoms with E-state index >= 15 is 0 Å². The number of carboxylic acid groups (broad SMARTS) is 1. The molecule has 5 nitrogen and oxygen atoms in total. The van der Waals surface area contributed by atoms with Crippen LogP contribution in [0, 0.1) is 5.92 Å². The number of halogens is 3. The van der Waals surface area contributed by atoms with Crippen molar-refractivity contribution >= 4 is 15.8 Å². The molecule has 1 aromatic rings. The van der Waals surface area contributed by atoms with E-state index in [9.17, 15) is 26.4 Å². The first kappa shape index (κ1) is 18.7. The van der Waals surface area contributed by atoms with Crippen LogP contribution >= 0.6 is 0 Å². The molecule has 0 aliphatic heterocycles. The van der Waals surface area contributed by atoms with Crippen molar-refractivity contribution in [2.24, 2.45) is 5.92 Å². The molecule has 1 fully saturated rings. The van der Waals surface area contributed by atoms with Crippen LogP contribution < -0.4 is 5.32 Å². The van der Waals surface area contributed by atoms with Gasteiger partial charge in [-0.2, -0.15) is 13.2 Å². The number of sulfone groups is 1. The van der Waals surface area contributed by atoms with Gasteiger partial charge >= 0.3 is 12.1 Å². The molecule has 0 saturated heterocycles. The van der Waals surface area contributed by atoms with Gasteiger partial charge in [-0.25, -0.2) is 8.42 Å². The molecule has 9 heteroatoms. The first-order chi connectivity index (χ1) is 11.1. The Labute approximate surface area is 137 Å². The minimum Gasteiger partial charge on any atom is -0.480 e. The maximum atomic E-state index is 13.3. The maximum absolute atomic E-state index is 13.3. The van der Waals surface area contributed by atoms with Crippen molar-refractivity contribution in [2.45, 2.75) is 31.1 Å². The first-order valence-corrected chi connectivity index (χ1v) is 9.21.